The van der Waals surface area contributed by atoms with E-state index in [1.807, 2.05) is 20.8 Å². The van der Waals surface area contributed by atoms with Crippen molar-refractivity contribution in [1.29, 1.82) is 0 Å². The van der Waals surface area contributed by atoms with Gasteiger partial charge < -0.3 is 4.74 Å². The predicted molar refractivity (Wildman–Crippen MR) is 52.7 cm³/mol. The molecule has 0 aliphatic carbocycles. The molecule has 68 valence electrons. The molecule has 0 fully saturated rings. The van der Waals surface area contributed by atoms with Crippen LogP contribution in [-0.2, 0) is 4.74 Å². The van der Waals surface area contributed by atoms with Crippen molar-refractivity contribution in [2.75, 3.05) is 6.61 Å². The SMILES string of the molecule is C=NC(=NC=C(C)C)OCCC. The van der Waals surface area contributed by atoms with E-state index in [2.05, 4.69) is 16.7 Å². The summed E-state index contributed by atoms with van der Waals surface area (Å²) in [6.45, 7) is 9.94. The molecule has 0 spiro atoms. The first-order valence-corrected chi connectivity index (χ1v) is 4.01. The van der Waals surface area contributed by atoms with Crippen LogP contribution in [0.2, 0.25) is 0 Å². The molecule has 0 aliphatic rings. The van der Waals surface area contributed by atoms with Crippen LogP contribution in [0.1, 0.15) is 27.2 Å². The van der Waals surface area contributed by atoms with Crippen molar-refractivity contribution in [1.82, 2.24) is 0 Å². The molecule has 0 unspecified atom stereocenters. The minimum absolute atomic E-state index is 0.345. The maximum atomic E-state index is 5.17. The van der Waals surface area contributed by atoms with Crippen LogP contribution in [0.15, 0.2) is 21.8 Å². The van der Waals surface area contributed by atoms with Gasteiger partial charge in [0.15, 0.2) is 0 Å². The Bertz CT molecular complexity index is 191. The lowest BCUT2D eigenvalue weighted by atomic mass is 10.4. The van der Waals surface area contributed by atoms with E-state index in [1.54, 1.807) is 6.20 Å². The van der Waals surface area contributed by atoms with E-state index in [0.29, 0.717) is 12.6 Å². The van der Waals surface area contributed by atoms with Crippen molar-refractivity contribution in [2.45, 2.75) is 27.2 Å². The maximum absolute atomic E-state index is 5.17. The molecule has 3 heteroatoms. The van der Waals surface area contributed by atoms with Crippen LogP contribution in [0.25, 0.3) is 0 Å². The first kappa shape index (κ1) is 10.9. The quantitative estimate of drug-likeness (QED) is 0.470. The predicted octanol–water partition coefficient (Wildman–Crippen LogP) is 2.39. The Kier molecular flexibility index (Phi) is 5.97. The molecule has 12 heavy (non-hydrogen) atoms. The number of allylic oxidation sites excluding steroid dienone is 1. The summed E-state index contributed by atoms with van der Waals surface area (Å²) in [6, 6.07) is 0.345. The van der Waals surface area contributed by atoms with Gasteiger partial charge in [0.25, 0.3) is 0 Å². The van der Waals surface area contributed by atoms with Gasteiger partial charge in [0, 0.05) is 6.20 Å². The minimum atomic E-state index is 0.345. The van der Waals surface area contributed by atoms with Gasteiger partial charge in [-0.25, -0.2) is 9.98 Å². The summed E-state index contributed by atoms with van der Waals surface area (Å²) in [7, 11) is 0. The van der Waals surface area contributed by atoms with Crippen molar-refractivity contribution in [2.24, 2.45) is 9.98 Å². The lowest BCUT2D eigenvalue weighted by Gasteiger charge is -2.00. The van der Waals surface area contributed by atoms with E-state index >= 15 is 0 Å². The average Bonchev–Trinajstić information content (AvgIpc) is 2.05. The van der Waals surface area contributed by atoms with Crippen molar-refractivity contribution in [3.63, 3.8) is 0 Å². The molecule has 0 rings (SSSR count). The molecule has 0 aliphatic heterocycles. The molecule has 0 aromatic heterocycles. The van der Waals surface area contributed by atoms with Gasteiger partial charge in [0.05, 0.1) is 6.61 Å². The minimum Gasteiger partial charge on any atom is -0.463 e. The summed E-state index contributed by atoms with van der Waals surface area (Å²) in [5.41, 5.74) is 1.11. The van der Waals surface area contributed by atoms with Gasteiger partial charge in [-0.05, 0) is 27.0 Å². The Morgan fingerprint density at radius 1 is 1.50 bits per heavy atom. The van der Waals surface area contributed by atoms with E-state index in [-0.39, 0.29) is 0 Å². The molecule has 0 radical (unpaired) electrons. The third-order valence-electron chi connectivity index (χ3n) is 1.00. The number of ether oxygens (including phenoxy) is 1. The van der Waals surface area contributed by atoms with Crippen LogP contribution in [0.3, 0.4) is 0 Å². The second kappa shape index (κ2) is 6.58. The standard InChI is InChI=1S/C9H16N2O/c1-5-6-12-9(10-4)11-7-8(2)3/h7H,4-6H2,1-3H3. The van der Waals surface area contributed by atoms with Gasteiger partial charge in [0.2, 0.25) is 0 Å². The van der Waals surface area contributed by atoms with Crippen LogP contribution in [0.5, 0.6) is 0 Å². The molecule has 0 aromatic carbocycles. The molecule has 0 bridgehead atoms. The lowest BCUT2D eigenvalue weighted by Crippen LogP contribution is -2.01. The van der Waals surface area contributed by atoms with E-state index < -0.39 is 0 Å². The monoisotopic (exact) mass is 168 g/mol. The molecule has 0 saturated carbocycles. The van der Waals surface area contributed by atoms with Gasteiger partial charge >= 0.3 is 6.02 Å². The number of hydrogen-bond acceptors (Lipinski definition) is 2. The molecule has 0 heterocycles. The van der Waals surface area contributed by atoms with Crippen molar-refractivity contribution < 1.29 is 4.74 Å². The highest BCUT2D eigenvalue weighted by atomic mass is 16.5. The highest BCUT2D eigenvalue weighted by Gasteiger charge is 1.91. The third-order valence-corrected chi connectivity index (χ3v) is 1.00. The number of aliphatic imine (C=N–C) groups is 2. The first-order valence-electron chi connectivity index (χ1n) is 4.01. The van der Waals surface area contributed by atoms with Crippen molar-refractivity contribution >= 4 is 12.7 Å². The zero-order valence-corrected chi connectivity index (χ0v) is 8.00. The summed E-state index contributed by atoms with van der Waals surface area (Å²) >= 11 is 0. The molecule has 0 N–H and O–H groups in total. The summed E-state index contributed by atoms with van der Waals surface area (Å²) in [5.74, 6) is 0. The molecular formula is C9H16N2O. The zero-order chi connectivity index (χ0) is 9.40. The van der Waals surface area contributed by atoms with Gasteiger partial charge in [-0.1, -0.05) is 12.5 Å². The molecule has 0 aromatic rings. The average molecular weight is 168 g/mol. The topological polar surface area (TPSA) is 34.0 Å². The van der Waals surface area contributed by atoms with Gasteiger partial charge in [-0.15, -0.1) is 0 Å². The Labute approximate surface area is 73.9 Å². The molecule has 0 amide bonds. The van der Waals surface area contributed by atoms with Crippen molar-refractivity contribution in [3.05, 3.63) is 11.8 Å². The number of amidine groups is 1. The van der Waals surface area contributed by atoms with Crippen LogP contribution >= 0.6 is 0 Å². The fraction of sp³-hybridized carbons (Fsp3) is 0.556. The van der Waals surface area contributed by atoms with Gasteiger partial charge in [0.1, 0.15) is 0 Å². The fourth-order valence-corrected chi connectivity index (χ4v) is 0.501. The van der Waals surface area contributed by atoms with E-state index in [4.69, 9.17) is 4.74 Å². The van der Waals surface area contributed by atoms with Crippen LogP contribution in [0.4, 0.5) is 0 Å². The zero-order valence-electron chi connectivity index (χ0n) is 8.00. The van der Waals surface area contributed by atoms with Crippen LogP contribution in [0, 0.1) is 0 Å². The summed E-state index contributed by atoms with van der Waals surface area (Å²) in [5, 5.41) is 0. The Morgan fingerprint density at radius 3 is 2.58 bits per heavy atom. The molecule has 3 nitrogen and oxygen atoms in total. The second-order valence-corrected chi connectivity index (χ2v) is 2.62. The number of hydrogen-bond donors (Lipinski definition) is 0. The summed E-state index contributed by atoms with van der Waals surface area (Å²) in [6.07, 6.45) is 2.66. The van der Waals surface area contributed by atoms with Crippen molar-refractivity contribution in [3.8, 4) is 0 Å². The second-order valence-electron chi connectivity index (χ2n) is 2.62. The Morgan fingerprint density at radius 2 is 2.17 bits per heavy atom. The van der Waals surface area contributed by atoms with E-state index in [9.17, 15) is 0 Å². The third kappa shape index (κ3) is 5.65. The van der Waals surface area contributed by atoms with Crippen LogP contribution in [-0.4, -0.2) is 19.3 Å². The van der Waals surface area contributed by atoms with Crippen LogP contribution < -0.4 is 0 Å². The van der Waals surface area contributed by atoms with E-state index in [0.717, 1.165) is 12.0 Å². The summed E-state index contributed by atoms with van der Waals surface area (Å²) in [4.78, 5) is 7.61. The first-order chi connectivity index (χ1) is 5.70. The lowest BCUT2D eigenvalue weighted by molar-refractivity contribution is 0.300. The summed E-state index contributed by atoms with van der Waals surface area (Å²) < 4.78 is 5.17. The molecule has 0 saturated heterocycles. The normalized spacial score (nSPS) is 10.8. The highest BCUT2D eigenvalue weighted by Crippen LogP contribution is 1.92. The number of nitrogens with zero attached hydrogens (tertiary/aromatic N) is 2. The maximum Gasteiger partial charge on any atom is 0.315 e. The highest BCUT2D eigenvalue weighted by molar-refractivity contribution is 5.78. The fourth-order valence-electron chi connectivity index (χ4n) is 0.501. The Balaban J connectivity index is 4.04. The van der Waals surface area contributed by atoms with Gasteiger partial charge in [-0.2, -0.15) is 0 Å². The molecular weight excluding hydrogens is 152 g/mol. The largest absolute Gasteiger partial charge is 0.463 e. The number of rotatable bonds is 3. The molecule has 0 atom stereocenters. The smallest absolute Gasteiger partial charge is 0.315 e. The van der Waals surface area contributed by atoms with E-state index in [1.165, 1.54) is 0 Å². The van der Waals surface area contributed by atoms with Gasteiger partial charge in [-0.3, -0.25) is 0 Å². The Hall–Kier alpha value is -1.12.